The summed E-state index contributed by atoms with van der Waals surface area (Å²) < 4.78 is 0.905. The fourth-order valence-corrected chi connectivity index (χ4v) is 3.72. The van der Waals surface area contributed by atoms with E-state index in [1.165, 1.54) is 0 Å². The minimum atomic E-state index is 0.175. The number of fused-ring (bicyclic) bond motifs is 1. The molecule has 2 saturated heterocycles. The molecule has 3 nitrogen and oxygen atoms in total. The summed E-state index contributed by atoms with van der Waals surface area (Å²) in [6.07, 6.45) is 0. The third kappa shape index (κ3) is 1.97. The van der Waals surface area contributed by atoms with Crippen LogP contribution in [0.1, 0.15) is 15.9 Å². The van der Waals surface area contributed by atoms with E-state index in [1.807, 2.05) is 30.0 Å². The molecule has 4 heteroatoms. The van der Waals surface area contributed by atoms with Crippen LogP contribution in [0, 0.1) is 18.8 Å². The molecule has 2 heterocycles. The normalized spacial score (nSPS) is 26.4. The van der Waals surface area contributed by atoms with Gasteiger partial charge in [0.1, 0.15) is 0 Å². The fourth-order valence-electron chi connectivity index (χ4n) is 3.08. The molecule has 96 valence electrons. The highest BCUT2D eigenvalue weighted by molar-refractivity contribution is 9.10. The molecule has 1 N–H and O–H groups in total. The van der Waals surface area contributed by atoms with Crippen LogP contribution < -0.4 is 5.32 Å². The van der Waals surface area contributed by atoms with Crippen LogP contribution in [0.25, 0.3) is 0 Å². The van der Waals surface area contributed by atoms with Crippen LogP contribution in [0.2, 0.25) is 0 Å². The number of benzene rings is 1. The van der Waals surface area contributed by atoms with Crippen molar-refractivity contribution in [1.29, 1.82) is 0 Å². The average molecular weight is 309 g/mol. The summed E-state index contributed by atoms with van der Waals surface area (Å²) in [6.45, 7) is 5.91. The lowest BCUT2D eigenvalue weighted by Crippen LogP contribution is -2.32. The highest BCUT2D eigenvalue weighted by atomic mass is 79.9. The van der Waals surface area contributed by atoms with Gasteiger partial charge >= 0.3 is 0 Å². The monoisotopic (exact) mass is 308 g/mol. The lowest BCUT2D eigenvalue weighted by molar-refractivity contribution is 0.0780. The molecule has 0 saturated carbocycles. The Morgan fingerprint density at radius 3 is 2.61 bits per heavy atom. The van der Waals surface area contributed by atoms with Crippen LogP contribution in [-0.2, 0) is 0 Å². The van der Waals surface area contributed by atoms with Gasteiger partial charge in [0, 0.05) is 30.7 Å². The van der Waals surface area contributed by atoms with E-state index in [0.717, 1.165) is 41.8 Å². The van der Waals surface area contributed by atoms with Gasteiger partial charge < -0.3 is 10.2 Å². The molecule has 3 rings (SSSR count). The molecular formula is C14H17BrN2O. The predicted molar refractivity (Wildman–Crippen MR) is 74.6 cm³/mol. The molecule has 2 aliphatic rings. The number of carbonyl (C=O) groups is 1. The van der Waals surface area contributed by atoms with E-state index in [9.17, 15) is 4.79 Å². The van der Waals surface area contributed by atoms with Gasteiger partial charge in [0.2, 0.25) is 0 Å². The third-order valence-electron chi connectivity index (χ3n) is 4.11. The smallest absolute Gasteiger partial charge is 0.255 e. The van der Waals surface area contributed by atoms with Crippen LogP contribution in [0.4, 0.5) is 0 Å². The number of amides is 1. The molecule has 2 fully saturated rings. The number of halogens is 1. The fraction of sp³-hybridized carbons (Fsp3) is 0.500. The molecule has 0 radical (unpaired) electrons. The summed E-state index contributed by atoms with van der Waals surface area (Å²) >= 11 is 3.50. The first kappa shape index (κ1) is 12.2. The molecule has 18 heavy (non-hydrogen) atoms. The number of hydrogen-bond acceptors (Lipinski definition) is 2. The molecule has 2 unspecified atom stereocenters. The Labute approximate surface area is 116 Å². The Morgan fingerprint density at radius 2 is 2.00 bits per heavy atom. The molecule has 0 spiro atoms. The molecule has 1 amide bonds. The van der Waals surface area contributed by atoms with Gasteiger partial charge in [-0.2, -0.15) is 0 Å². The second-order valence-electron chi connectivity index (χ2n) is 5.32. The number of rotatable bonds is 1. The lowest BCUT2D eigenvalue weighted by atomic mass is 10.0. The van der Waals surface area contributed by atoms with Crippen LogP contribution in [0.3, 0.4) is 0 Å². The number of likely N-dealkylation sites (tertiary alicyclic amines) is 1. The van der Waals surface area contributed by atoms with Crippen molar-refractivity contribution in [3.63, 3.8) is 0 Å². The van der Waals surface area contributed by atoms with Crippen molar-refractivity contribution in [3.8, 4) is 0 Å². The summed E-state index contributed by atoms with van der Waals surface area (Å²) in [4.78, 5) is 14.6. The van der Waals surface area contributed by atoms with E-state index in [2.05, 4.69) is 21.2 Å². The van der Waals surface area contributed by atoms with E-state index >= 15 is 0 Å². The summed E-state index contributed by atoms with van der Waals surface area (Å²) in [5, 5.41) is 3.40. The summed E-state index contributed by atoms with van der Waals surface area (Å²) in [5.41, 5.74) is 1.87. The highest BCUT2D eigenvalue weighted by Crippen LogP contribution is 2.29. The maximum Gasteiger partial charge on any atom is 0.255 e. The van der Waals surface area contributed by atoms with E-state index < -0.39 is 0 Å². The van der Waals surface area contributed by atoms with Crippen molar-refractivity contribution in [2.24, 2.45) is 11.8 Å². The first-order valence-corrected chi connectivity index (χ1v) is 7.21. The third-order valence-corrected chi connectivity index (χ3v) is 4.77. The molecule has 0 aromatic heterocycles. The average Bonchev–Trinajstić information content (AvgIpc) is 2.88. The van der Waals surface area contributed by atoms with Crippen LogP contribution in [0.15, 0.2) is 22.7 Å². The van der Waals surface area contributed by atoms with Crippen molar-refractivity contribution in [2.75, 3.05) is 26.2 Å². The highest BCUT2D eigenvalue weighted by Gasteiger charge is 2.38. The first-order chi connectivity index (χ1) is 8.66. The van der Waals surface area contributed by atoms with Crippen molar-refractivity contribution < 1.29 is 4.79 Å². The van der Waals surface area contributed by atoms with Gasteiger partial charge in [0.25, 0.3) is 5.91 Å². The van der Waals surface area contributed by atoms with Crippen LogP contribution >= 0.6 is 15.9 Å². The van der Waals surface area contributed by atoms with Gasteiger partial charge in [-0.3, -0.25) is 4.79 Å². The van der Waals surface area contributed by atoms with Crippen molar-refractivity contribution in [1.82, 2.24) is 10.2 Å². The van der Waals surface area contributed by atoms with E-state index in [4.69, 9.17) is 0 Å². The zero-order chi connectivity index (χ0) is 12.7. The second kappa shape index (κ2) is 4.67. The van der Waals surface area contributed by atoms with Crippen molar-refractivity contribution in [3.05, 3.63) is 33.8 Å². The number of nitrogens with zero attached hydrogens (tertiary/aromatic N) is 1. The predicted octanol–water partition coefficient (Wildman–Crippen LogP) is 2.05. The molecular weight excluding hydrogens is 292 g/mol. The Morgan fingerprint density at radius 1 is 1.33 bits per heavy atom. The largest absolute Gasteiger partial charge is 0.338 e. The molecule has 1 aromatic carbocycles. The Hall–Kier alpha value is -0.870. The summed E-state index contributed by atoms with van der Waals surface area (Å²) in [7, 11) is 0. The molecule has 0 aliphatic carbocycles. The summed E-state index contributed by atoms with van der Waals surface area (Å²) in [5.74, 6) is 1.47. The van der Waals surface area contributed by atoms with Gasteiger partial charge in [-0.1, -0.05) is 12.1 Å². The Balaban J connectivity index is 1.83. The topological polar surface area (TPSA) is 32.3 Å². The minimum Gasteiger partial charge on any atom is -0.338 e. The summed E-state index contributed by atoms with van der Waals surface area (Å²) in [6, 6.07) is 5.91. The standard InChI is InChI=1S/C14H17BrN2O/c1-9-3-2-4-12(15)13(9)14(18)17-7-10-5-16-6-11(10)8-17/h2-4,10-11,16H,5-8H2,1H3. The Bertz CT molecular complexity index is 456. The first-order valence-electron chi connectivity index (χ1n) is 6.42. The van der Waals surface area contributed by atoms with Gasteiger partial charge in [-0.15, -0.1) is 0 Å². The van der Waals surface area contributed by atoms with Crippen molar-refractivity contribution >= 4 is 21.8 Å². The SMILES string of the molecule is Cc1cccc(Br)c1C(=O)N1CC2CNCC2C1. The number of hydrogen-bond donors (Lipinski definition) is 1. The second-order valence-corrected chi connectivity index (χ2v) is 6.17. The molecule has 2 atom stereocenters. The van der Waals surface area contributed by atoms with Crippen molar-refractivity contribution in [2.45, 2.75) is 6.92 Å². The Kier molecular flexibility index (Phi) is 3.16. The van der Waals surface area contributed by atoms with Crippen LogP contribution in [0.5, 0.6) is 0 Å². The van der Waals surface area contributed by atoms with E-state index in [1.54, 1.807) is 0 Å². The molecule has 0 bridgehead atoms. The number of nitrogens with one attached hydrogen (secondary N) is 1. The number of aryl methyl sites for hydroxylation is 1. The zero-order valence-electron chi connectivity index (χ0n) is 10.4. The number of carbonyl (C=O) groups excluding carboxylic acids is 1. The van der Waals surface area contributed by atoms with Gasteiger partial charge in [0.15, 0.2) is 0 Å². The lowest BCUT2D eigenvalue weighted by Gasteiger charge is -2.19. The van der Waals surface area contributed by atoms with E-state index in [0.29, 0.717) is 11.8 Å². The maximum atomic E-state index is 12.6. The minimum absolute atomic E-state index is 0.175. The van der Waals surface area contributed by atoms with Crippen LogP contribution in [-0.4, -0.2) is 37.0 Å². The molecule has 2 aliphatic heterocycles. The molecule has 1 aromatic rings. The maximum absolute atomic E-state index is 12.6. The quantitative estimate of drug-likeness (QED) is 0.861. The van der Waals surface area contributed by atoms with Gasteiger partial charge in [-0.25, -0.2) is 0 Å². The zero-order valence-corrected chi connectivity index (χ0v) is 12.0. The van der Waals surface area contributed by atoms with E-state index in [-0.39, 0.29) is 5.91 Å². The van der Waals surface area contributed by atoms with Gasteiger partial charge in [-0.05, 0) is 46.3 Å². The van der Waals surface area contributed by atoms with Gasteiger partial charge in [0.05, 0.1) is 5.56 Å².